The van der Waals surface area contributed by atoms with Gasteiger partial charge in [-0.15, -0.1) is 0 Å². The highest BCUT2D eigenvalue weighted by Gasteiger charge is 2.36. The van der Waals surface area contributed by atoms with Gasteiger partial charge in [0, 0.05) is 0 Å². The zero-order valence-corrected chi connectivity index (χ0v) is 10.4. The second kappa shape index (κ2) is 5.63. The summed E-state index contributed by atoms with van der Waals surface area (Å²) in [7, 11) is 0. The molecular weight excluding hydrogens is 257 g/mol. The van der Waals surface area contributed by atoms with Crippen molar-refractivity contribution in [3.8, 4) is 5.75 Å². The van der Waals surface area contributed by atoms with Gasteiger partial charge in [-0.25, -0.2) is 0 Å². The van der Waals surface area contributed by atoms with E-state index in [4.69, 9.17) is 0 Å². The minimum Gasteiger partial charge on any atom is -0.429 e. The molecule has 1 aliphatic carbocycles. The molecule has 0 bridgehead atoms. The second-order valence-corrected chi connectivity index (χ2v) is 4.80. The number of halogens is 3. The summed E-state index contributed by atoms with van der Waals surface area (Å²) >= 11 is 0. The van der Waals surface area contributed by atoms with Crippen molar-refractivity contribution >= 4 is 6.47 Å². The Morgan fingerprint density at radius 2 is 1.84 bits per heavy atom. The predicted octanol–water partition coefficient (Wildman–Crippen LogP) is 4.29. The lowest BCUT2D eigenvalue weighted by molar-refractivity contribution is -0.138. The quantitative estimate of drug-likeness (QED) is 0.767. The third-order valence-corrected chi connectivity index (χ3v) is 3.56. The molecule has 0 amide bonds. The fourth-order valence-corrected chi connectivity index (χ4v) is 2.68. The molecule has 0 saturated heterocycles. The summed E-state index contributed by atoms with van der Waals surface area (Å²) in [5.74, 6) is -0.113. The van der Waals surface area contributed by atoms with Gasteiger partial charge in [0.1, 0.15) is 5.75 Å². The van der Waals surface area contributed by atoms with E-state index in [2.05, 4.69) is 4.74 Å². The molecule has 0 heterocycles. The average molecular weight is 272 g/mol. The third kappa shape index (κ3) is 3.28. The van der Waals surface area contributed by atoms with Crippen molar-refractivity contribution in [2.45, 2.75) is 44.2 Å². The molecular formula is C14H15F3O2. The number of carbonyl (C=O) groups excluding carboxylic acids is 1. The number of alkyl halides is 3. The molecule has 1 aromatic rings. The molecule has 0 radical (unpaired) electrons. The Bertz CT molecular complexity index is 448. The van der Waals surface area contributed by atoms with Gasteiger partial charge in [-0.05, 0) is 36.5 Å². The van der Waals surface area contributed by atoms with E-state index in [9.17, 15) is 18.0 Å². The molecule has 0 spiro atoms. The third-order valence-electron chi connectivity index (χ3n) is 3.56. The van der Waals surface area contributed by atoms with Gasteiger partial charge in [0.2, 0.25) is 0 Å². The molecule has 0 aromatic heterocycles. The molecule has 1 fully saturated rings. The number of ether oxygens (including phenoxy) is 1. The Hall–Kier alpha value is -1.52. The summed E-state index contributed by atoms with van der Waals surface area (Å²) in [6, 6.07) is 3.78. The summed E-state index contributed by atoms with van der Waals surface area (Å²) in [6.07, 6.45) is 0.177. The van der Waals surface area contributed by atoms with Crippen LogP contribution in [0, 0.1) is 0 Å². The molecule has 1 aromatic carbocycles. The van der Waals surface area contributed by atoms with Crippen LogP contribution in [0.15, 0.2) is 18.2 Å². The summed E-state index contributed by atoms with van der Waals surface area (Å²) in [4.78, 5) is 10.2. The lowest BCUT2D eigenvalue weighted by atomic mass is 9.82. The Balaban J connectivity index is 2.38. The Kier molecular flexibility index (Phi) is 4.12. The van der Waals surface area contributed by atoms with E-state index in [1.165, 1.54) is 12.1 Å². The van der Waals surface area contributed by atoms with Crippen LogP contribution in [0.5, 0.6) is 5.75 Å². The summed E-state index contributed by atoms with van der Waals surface area (Å²) in [6.45, 7) is 0.135. The molecule has 1 saturated carbocycles. The van der Waals surface area contributed by atoms with Crippen LogP contribution in [0.3, 0.4) is 0 Å². The SMILES string of the molecule is O=COc1ccc(C2CCCCC2)c(C(F)(F)F)c1. The van der Waals surface area contributed by atoms with Gasteiger partial charge in [-0.2, -0.15) is 13.2 Å². The molecule has 19 heavy (non-hydrogen) atoms. The molecule has 2 rings (SSSR count). The highest BCUT2D eigenvalue weighted by molar-refractivity contribution is 5.48. The van der Waals surface area contributed by atoms with Crippen molar-refractivity contribution < 1.29 is 22.7 Å². The number of rotatable bonds is 3. The molecule has 5 heteroatoms. The van der Waals surface area contributed by atoms with E-state index in [-0.39, 0.29) is 18.1 Å². The first-order valence-electron chi connectivity index (χ1n) is 6.34. The Morgan fingerprint density at radius 3 is 2.42 bits per heavy atom. The van der Waals surface area contributed by atoms with Gasteiger partial charge in [0.15, 0.2) is 0 Å². The fourth-order valence-electron chi connectivity index (χ4n) is 2.68. The minimum absolute atomic E-state index is 0.0457. The van der Waals surface area contributed by atoms with E-state index in [0.717, 1.165) is 38.2 Å². The number of hydrogen-bond acceptors (Lipinski definition) is 2. The van der Waals surface area contributed by atoms with Crippen LogP contribution in [-0.2, 0) is 11.0 Å². The molecule has 104 valence electrons. The maximum atomic E-state index is 13.1. The normalized spacial score (nSPS) is 17.2. The lowest BCUT2D eigenvalue weighted by Crippen LogP contribution is -2.14. The van der Waals surface area contributed by atoms with Gasteiger partial charge in [0.25, 0.3) is 6.47 Å². The van der Waals surface area contributed by atoms with Crippen molar-refractivity contribution in [3.63, 3.8) is 0 Å². The highest BCUT2D eigenvalue weighted by Crippen LogP contribution is 2.41. The van der Waals surface area contributed by atoms with Gasteiger partial charge in [-0.1, -0.05) is 25.3 Å². The first kappa shape index (κ1) is 13.9. The van der Waals surface area contributed by atoms with Crippen LogP contribution in [0.25, 0.3) is 0 Å². The zero-order chi connectivity index (χ0) is 13.9. The average Bonchev–Trinajstić information content (AvgIpc) is 2.39. The molecule has 0 aliphatic heterocycles. The minimum atomic E-state index is -4.42. The van der Waals surface area contributed by atoms with E-state index >= 15 is 0 Å². The standard InChI is InChI=1S/C14H15F3O2/c15-14(16,17)13-8-11(19-9-18)6-7-12(13)10-4-2-1-3-5-10/h6-10H,1-5H2. The molecule has 0 atom stereocenters. The lowest BCUT2D eigenvalue weighted by Gasteiger charge is -2.25. The van der Waals surface area contributed by atoms with Crippen LogP contribution in [0.2, 0.25) is 0 Å². The van der Waals surface area contributed by atoms with Crippen molar-refractivity contribution in [2.24, 2.45) is 0 Å². The summed E-state index contributed by atoms with van der Waals surface area (Å²) in [5, 5.41) is 0. The van der Waals surface area contributed by atoms with Crippen LogP contribution in [0.4, 0.5) is 13.2 Å². The largest absolute Gasteiger partial charge is 0.429 e. The van der Waals surface area contributed by atoms with Crippen molar-refractivity contribution in [2.75, 3.05) is 0 Å². The first-order valence-corrected chi connectivity index (χ1v) is 6.34. The fraction of sp³-hybridized carbons (Fsp3) is 0.500. The Morgan fingerprint density at radius 1 is 1.16 bits per heavy atom. The van der Waals surface area contributed by atoms with E-state index in [0.29, 0.717) is 5.56 Å². The molecule has 0 unspecified atom stereocenters. The highest BCUT2D eigenvalue weighted by atomic mass is 19.4. The predicted molar refractivity (Wildman–Crippen MR) is 64.0 cm³/mol. The second-order valence-electron chi connectivity index (χ2n) is 4.80. The van der Waals surface area contributed by atoms with Crippen LogP contribution in [0.1, 0.15) is 49.1 Å². The number of carbonyl (C=O) groups is 1. The van der Waals surface area contributed by atoms with E-state index in [1.54, 1.807) is 0 Å². The summed E-state index contributed by atoms with van der Waals surface area (Å²) in [5.41, 5.74) is -0.357. The van der Waals surface area contributed by atoms with Gasteiger partial charge < -0.3 is 4.74 Å². The van der Waals surface area contributed by atoms with Crippen molar-refractivity contribution in [1.29, 1.82) is 0 Å². The van der Waals surface area contributed by atoms with Gasteiger partial charge >= 0.3 is 6.18 Å². The monoisotopic (exact) mass is 272 g/mol. The van der Waals surface area contributed by atoms with Gasteiger partial charge in [-0.3, -0.25) is 4.79 Å². The van der Waals surface area contributed by atoms with Crippen LogP contribution in [-0.4, -0.2) is 6.47 Å². The maximum Gasteiger partial charge on any atom is 0.416 e. The first-order chi connectivity index (χ1) is 9.02. The topological polar surface area (TPSA) is 26.3 Å². The summed E-state index contributed by atoms with van der Waals surface area (Å²) < 4.78 is 43.7. The van der Waals surface area contributed by atoms with Gasteiger partial charge in [0.05, 0.1) is 5.56 Å². The van der Waals surface area contributed by atoms with Crippen molar-refractivity contribution in [3.05, 3.63) is 29.3 Å². The zero-order valence-electron chi connectivity index (χ0n) is 10.4. The van der Waals surface area contributed by atoms with E-state index in [1.807, 2.05) is 0 Å². The molecule has 1 aliphatic rings. The maximum absolute atomic E-state index is 13.1. The van der Waals surface area contributed by atoms with E-state index < -0.39 is 11.7 Å². The number of hydrogen-bond donors (Lipinski definition) is 0. The van der Waals surface area contributed by atoms with Crippen LogP contribution >= 0.6 is 0 Å². The number of benzene rings is 1. The Labute approximate surface area is 109 Å². The smallest absolute Gasteiger partial charge is 0.416 e. The molecule has 0 N–H and O–H groups in total. The molecule has 2 nitrogen and oxygen atoms in total. The van der Waals surface area contributed by atoms with Crippen LogP contribution < -0.4 is 4.74 Å². The van der Waals surface area contributed by atoms with Crippen molar-refractivity contribution in [1.82, 2.24) is 0 Å².